The fourth-order valence-electron chi connectivity index (χ4n) is 3.15. The lowest BCUT2D eigenvalue weighted by Gasteiger charge is -2.37. The number of rotatable bonds is 7. The van der Waals surface area contributed by atoms with Gasteiger partial charge < -0.3 is 14.7 Å². The van der Waals surface area contributed by atoms with E-state index >= 15 is 0 Å². The maximum atomic E-state index is 9.15. The number of ether oxygens (including phenoxy) is 1. The SMILES string of the molecule is COc1ccc(N2CCN(CC(C)CC(C)CO)CC2)cn1. The highest BCUT2D eigenvalue weighted by atomic mass is 16.5. The molecule has 0 spiro atoms. The van der Waals surface area contributed by atoms with Crippen LogP contribution < -0.4 is 9.64 Å². The first-order chi connectivity index (χ1) is 10.6. The molecule has 1 aromatic heterocycles. The van der Waals surface area contributed by atoms with E-state index in [-0.39, 0.29) is 0 Å². The second-order valence-corrected chi connectivity index (χ2v) is 6.48. The summed E-state index contributed by atoms with van der Waals surface area (Å²) in [6.07, 6.45) is 2.99. The summed E-state index contributed by atoms with van der Waals surface area (Å²) in [5, 5.41) is 9.15. The van der Waals surface area contributed by atoms with Crippen molar-refractivity contribution in [3.05, 3.63) is 18.3 Å². The van der Waals surface area contributed by atoms with Crippen LogP contribution in [0.3, 0.4) is 0 Å². The van der Waals surface area contributed by atoms with Crippen LogP contribution in [0.4, 0.5) is 5.69 Å². The third kappa shape index (κ3) is 4.85. The zero-order valence-corrected chi connectivity index (χ0v) is 14.0. The van der Waals surface area contributed by atoms with Crippen molar-refractivity contribution in [2.24, 2.45) is 11.8 Å². The van der Waals surface area contributed by atoms with Gasteiger partial charge in [0, 0.05) is 45.4 Å². The molecule has 124 valence electrons. The third-order valence-electron chi connectivity index (χ3n) is 4.35. The molecule has 22 heavy (non-hydrogen) atoms. The molecule has 2 unspecified atom stereocenters. The van der Waals surface area contributed by atoms with E-state index < -0.39 is 0 Å². The van der Waals surface area contributed by atoms with Gasteiger partial charge >= 0.3 is 0 Å². The summed E-state index contributed by atoms with van der Waals surface area (Å²) < 4.78 is 5.10. The standard InChI is InChI=1S/C17H29N3O2/c1-14(10-15(2)13-21)12-19-6-8-20(9-7-19)16-4-5-17(22-3)18-11-16/h4-5,11,14-15,21H,6-10,12-13H2,1-3H3. The van der Waals surface area contributed by atoms with E-state index in [0.29, 0.717) is 24.3 Å². The predicted octanol–water partition coefficient (Wildman–Crippen LogP) is 1.87. The molecule has 0 bridgehead atoms. The van der Waals surface area contributed by atoms with Crippen LogP contribution in [0.2, 0.25) is 0 Å². The summed E-state index contributed by atoms with van der Waals surface area (Å²) >= 11 is 0. The average Bonchev–Trinajstić information content (AvgIpc) is 2.55. The highest BCUT2D eigenvalue weighted by Crippen LogP contribution is 2.19. The zero-order chi connectivity index (χ0) is 15.9. The van der Waals surface area contributed by atoms with Gasteiger partial charge in [-0.1, -0.05) is 13.8 Å². The van der Waals surface area contributed by atoms with Gasteiger partial charge in [0.15, 0.2) is 0 Å². The van der Waals surface area contributed by atoms with Crippen LogP contribution in [0.15, 0.2) is 18.3 Å². The first kappa shape index (κ1) is 17.0. The number of anilines is 1. The molecular formula is C17H29N3O2. The number of hydrogen-bond acceptors (Lipinski definition) is 5. The predicted molar refractivity (Wildman–Crippen MR) is 89.5 cm³/mol. The quantitative estimate of drug-likeness (QED) is 0.833. The van der Waals surface area contributed by atoms with Crippen LogP contribution in [0.25, 0.3) is 0 Å². The van der Waals surface area contributed by atoms with Crippen molar-refractivity contribution in [1.82, 2.24) is 9.88 Å². The molecule has 5 heteroatoms. The van der Waals surface area contributed by atoms with Gasteiger partial charge in [0.2, 0.25) is 5.88 Å². The molecule has 1 fully saturated rings. The molecular weight excluding hydrogens is 278 g/mol. The Bertz CT molecular complexity index is 430. The third-order valence-corrected chi connectivity index (χ3v) is 4.35. The molecule has 0 saturated carbocycles. The Kier molecular flexibility index (Phi) is 6.46. The molecule has 0 radical (unpaired) electrons. The highest BCUT2D eigenvalue weighted by molar-refractivity contribution is 5.45. The minimum absolute atomic E-state index is 0.294. The number of aliphatic hydroxyl groups excluding tert-OH is 1. The number of methoxy groups -OCH3 is 1. The Balaban J connectivity index is 1.77. The normalized spacial score (nSPS) is 19.0. The Morgan fingerprint density at radius 2 is 1.91 bits per heavy atom. The highest BCUT2D eigenvalue weighted by Gasteiger charge is 2.19. The molecule has 0 aliphatic carbocycles. The summed E-state index contributed by atoms with van der Waals surface area (Å²) in [5.74, 6) is 1.70. The van der Waals surface area contributed by atoms with E-state index in [1.807, 2.05) is 12.3 Å². The fraction of sp³-hybridized carbons (Fsp3) is 0.706. The Morgan fingerprint density at radius 1 is 1.18 bits per heavy atom. The number of piperazine rings is 1. The van der Waals surface area contributed by atoms with Gasteiger partial charge in [-0.3, -0.25) is 4.90 Å². The topological polar surface area (TPSA) is 48.8 Å². The Hall–Kier alpha value is -1.33. The van der Waals surface area contributed by atoms with Crippen LogP contribution in [0, 0.1) is 11.8 Å². The van der Waals surface area contributed by atoms with Crippen molar-refractivity contribution in [2.45, 2.75) is 20.3 Å². The summed E-state index contributed by atoms with van der Waals surface area (Å²) in [7, 11) is 1.64. The number of aliphatic hydroxyl groups is 1. The zero-order valence-electron chi connectivity index (χ0n) is 14.0. The van der Waals surface area contributed by atoms with Gasteiger partial charge in [-0.2, -0.15) is 0 Å². The minimum Gasteiger partial charge on any atom is -0.481 e. The molecule has 5 nitrogen and oxygen atoms in total. The first-order valence-electron chi connectivity index (χ1n) is 8.20. The van der Waals surface area contributed by atoms with E-state index in [2.05, 4.69) is 34.7 Å². The van der Waals surface area contributed by atoms with E-state index in [9.17, 15) is 0 Å². The first-order valence-corrected chi connectivity index (χ1v) is 8.20. The van der Waals surface area contributed by atoms with Gasteiger partial charge in [-0.25, -0.2) is 4.98 Å². The van der Waals surface area contributed by atoms with Gasteiger partial charge in [0.05, 0.1) is 19.0 Å². The molecule has 0 amide bonds. The largest absolute Gasteiger partial charge is 0.481 e. The van der Waals surface area contributed by atoms with Crippen LogP contribution in [0.5, 0.6) is 5.88 Å². The molecule has 1 aromatic rings. The lowest BCUT2D eigenvalue weighted by molar-refractivity contribution is 0.180. The molecule has 1 aliphatic heterocycles. The van der Waals surface area contributed by atoms with E-state index in [0.717, 1.165) is 39.1 Å². The molecule has 1 N–H and O–H groups in total. The Labute approximate surface area is 133 Å². The van der Waals surface area contributed by atoms with E-state index in [1.54, 1.807) is 7.11 Å². The van der Waals surface area contributed by atoms with Crippen LogP contribution in [-0.4, -0.2) is 61.4 Å². The van der Waals surface area contributed by atoms with E-state index in [1.165, 1.54) is 5.69 Å². The molecule has 2 rings (SSSR count). The smallest absolute Gasteiger partial charge is 0.213 e. The molecule has 2 heterocycles. The number of aromatic nitrogens is 1. The minimum atomic E-state index is 0.294. The maximum absolute atomic E-state index is 9.15. The van der Waals surface area contributed by atoms with Gasteiger partial charge in [0.25, 0.3) is 0 Å². The lowest BCUT2D eigenvalue weighted by atomic mass is 9.97. The molecule has 2 atom stereocenters. The van der Waals surface area contributed by atoms with Crippen molar-refractivity contribution < 1.29 is 9.84 Å². The van der Waals surface area contributed by atoms with Crippen LogP contribution in [0.1, 0.15) is 20.3 Å². The van der Waals surface area contributed by atoms with Gasteiger partial charge in [0.1, 0.15) is 0 Å². The monoisotopic (exact) mass is 307 g/mol. The second-order valence-electron chi connectivity index (χ2n) is 6.48. The summed E-state index contributed by atoms with van der Waals surface area (Å²) in [4.78, 5) is 9.19. The van der Waals surface area contributed by atoms with Crippen molar-refractivity contribution in [3.63, 3.8) is 0 Å². The average molecular weight is 307 g/mol. The molecule has 1 saturated heterocycles. The summed E-state index contributed by atoms with van der Waals surface area (Å²) in [6.45, 7) is 10.1. The number of hydrogen-bond donors (Lipinski definition) is 1. The van der Waals surface area contributed by atoms with Crippen molar-refractivity contribution >= 4 is 5.69 Å². The lowest BCUT2D eigenvalue weighted by Crippen LogP contribution is -2.47. The summed E-state index contributed by atoms with van der Waals surface area (Å²) in [6, 6.07) is 3.99. The Morgan fingerprint density at radius 3 is 2.45 bits per heavy atom. The van der Waals surface area contributed by atoms with Crippen LogP contribution in [-0.2, 0) is 0 Å². The number of pyridine rings is 1. The van der Waals surface area contributed by atoms with Crippen molar-refractivity contribution in [2.75, 3.05) is 51.3 Å². The molecule has 0 aromatic carbocycles. The van der Waals surface area contributed by atoms with Crippen molar-refractivity contribution in [1.29, 1.82) is 0 Å². The number of nitrogens with zero attached hydrogens (tertiary/aromatic N) is 3. The molecule has 1 aliphatic rings. The van der Waals surface area contributed by atoms with Gasteiger partial charge in [-0.15, -0.1) is 0 Å². The second kappa shape index (κ2) is 8.34. The van der Waals surface area contributed by atoms with E-state index in [4.69, 9.17) is 9.84 Å². The summed E-state index contributed by atoms with van der Waals surface area (Å²) in [5.41, 5.74) is 1.17. The fourth-order valence-corrected chi connectivity index (χ4v) is 3.15. The van der Waals surface area contributed by atoms with Crippen LogP contribution >= 0.6 is 0 Å². The van der Waals surface area contributed by atoms with Gasteiger partial charge in [-0.05, 0) is 24.3 Å². The maximum Gasteiger partial charge on any atom is 0.213 e. The van der Waals surface area contributed by atoms with Crippen molar-refractivity contribution in [3.8, 4) is 5.88 Å².